The minimum Gasteiger partial charge on any atom is -0.336 e. The molecule has 0 atom stereocenters. The molecular weight excluding hydrogens is 350 g/mol. The summed E-state index contributed by atoms with van der Waals surface area (Å²) in [7, 11) is 0. The van der Waals surface area contributed by atoms with Gasteiger partial charge in [-0.1, -0.05) is 12.1 Å². The lowest BCUT2D eigenvalue weighted by molar-refractivity contribution is -0.384. The molecule has 3 aromatic rings. The minimum atomic E-state index is -0.402. The van der Waals surface area contributed by atoms with E-state index in [1.54, 1.807) is 30.3 Å². The number of benzene rings is 2. The first-order valence-corrected chi connectivity index (χ1v) is 8.57. The molecule has 138 valence electrons. The Hall–Kier alpha value is -3.33. The van der Waals surface area contributed by atoms with E-state index in [9.17, 15) is 14.9 Å². The number of hydrogen-bond donors (Lipinski definition) is 0. The van der Waals surface area contributed by atoms with Crippen LogP contribution in [0.4, 0.5) is 5.69 Å². The molecule has 9 heteroatoms. The Labute approximate surface area is 154 Å². The van der Waals surface area contributed by atoms with Gasteiger partial charge in [-0.2, -0.15) is 0 Å². The standard InChI is InChI=1S/C18H17N5O4/c24-18(14-3-6-16-17(11-14)20-27-19-16)22-9-7-21(8-10-22)12-13-1-4-15(5-2-13)23(25)26/h1-6,11H,7-10,12H2. The van der Waals surface area contributed by atoms with Crippen LogP contribution in [0.2, 0.25) is 0 Å². The fourth-order valence-electron chi connectivity index (χ4n) is 3.19. The Morgan fingerprint density at radius 2 is 1.74 bits per heavy atom. The summed E-state index contributed by atoms with van der Waals surface area (Å²) in [6.45, 7) is 3.45. The molecular formula is C18H17N5O4. The van der Waals surface area contributed by atoms with E-state index in [-0.39, 0.29) is 11.6 Å². The van der Waals surface area contributed by atoms with E-state index in [4.69, 9.17) is 0 Å². The number of carbonyl (C=O) groups is 1. The predicted molar refractivity (Wildman–Crippen MR) is 96.1 cm³/mol. The number of nitrogens with zero attached hydrogens (tertiary/aromatic N) is 5. The van der Waals surface area contributed by atoms with E-state index >= 15 is 0 Å². The number of non-ortho nitro benzene ring substituents is 1. The van der Waals surface area contributed by atoms with Crippen molar-refractivity contribution in [2.24, 2.45) is 0 Å². The first-order chi connectivity index (χ1) is 13.1. The van der Waals surface area contributed by atoms with Gasteiger partial charge in [0.25, 0.3) is 11.6 Å². The molecule has 2 heterocycles. The summed E-state index contributed by atoms with van der Waals surface area (Å²) in [5.74, 6) is -0.0325. The summed E-state index contributed by atoms with van der Waals surface area (Å²) >= 11 is 0. The normalized spacial score (nSPS) is 15.2. The third kappa shape index (κ3) is 3.63. The van der Waals surface area contributed by atoms with Crippen molar-refractivity contribution in [3.8, 4) is 0 Å². The monoisotopic (exact) mass is 367 g/mol. The molecule has 1 aliphatic rings. The smallest absolute Gasteiger partial charge is 0.269 e. The number of nitro groups is 1. The lowest BCUT2D eigenvalue weighted by Crippen LogP contribution is -2.48. The van der Waals surface area contributed by atoms with Gasteiger partial charge in [-0.15, -0.1) is 0 Å². The second-order valence-corrected chi connectivity index (χ2v) is 6.46. The Morgan fingerprint density at radius 1 is 1.04 bits per heavy atom. The molecule has 1 fully saturated rings. The van der Waals surface area contributed by atoms with E-state index in [2.05, 4.69) is 19.8 Å². The maximum atomic E-state index is 12.7. The van der Waals surface area contributed by atoms with Crippen molar-refractivity contribution in [3.05, 3.63) is 63.7 Å². The second-order valence-electron chi connectivity index (χ2n) is 6.46. The molecule has 1 saturated heterocycles. The van der Waals surface area contributed by atoms with Gasteiger partial charge in [0.1, 0.15) is 11.0 Å². The third-order valence-corrected chi connectivity index (χ3v) is 4.71. The molecule has 0 aliphatic carbocycles. The van der Waals surface area contributed by atoms with Crippen LogP contribution in [0.15, 0.2) is 47.1 Å². The molecule has 1 amide bonds. The van der Waals surface area contributed by atoms with Crippen molar-refractivity contribution in [2.75, 3.05) is 26.2 Å². The second kappa shape index (κ2) is 7.12. The van der Waals surface area contributed by atoms with Crippen LogP contribution in [-0.4, -0.2) is 57.1 Å². The molecule has 0 saturated carbocycles. The molecule has 0 radical (unpaired) electrons. The number of rotatable bonds is 4. The highest BCUT2D eigenvalue weighted by Crippen LogP contribution is 2.17. The van der Waals surface area contributed by atoms with Gasteiger partial charge >= 0.3 is 0 Å². The number of fused-ring (bicyclic) bond motifs is 1. The van der Waals surface area contributed by atoms with Crippen LogP contribution in [0.5, 0.6) is 0 Å². The molecule has 0 N–H and O–H groups in total. The van der Waals surface area contributed by atoms with Crippen molar-refractivity contribution in [1.29, 1.82) is 0 Å². The maximum absolute atomic E-state index is 12.7. The Balaban J connectivity index is 1.35. The molecule has 4 rings (SSSR count). The third-order valence-electron chi connectivity index (χ3n) is 4.71. The Kier molecular flexibility index (Phi) is 4.51. The maximum Gasteiger partial charge on any atom is 0.269 e. The quantitative estimate of drug-likeness (QED) is 0.513. The molecule has 1 aliphatic heterocycles. The van der Waals surface area contributed by atoms with Gasteiger partial charge in [0.05, 0.1) is 4.92 Å². The molecule has 1 aromatic heterocycles. The van der Waals surface area contributed by atoms with Crippen molar-refractivity contribution in [3.63, 3.8) is 0 Å². The number of nitro benzene ring substituents is 1. The van der Waals surface area contributed by atoms with Crippen LogP contribution >= 0.6 is 0 Å². The van der Waals surface area contributed by atoms with Crippen molar-refractivity contribution < 1.29 is 14.3 Å². The average molecular weight is 367 g/mol. The molecule has 9 nitrogen and oxygen atoms in total. The highest BCUT2D eigenvalue weighted by Gasteiger charge is 2.23. The summed E-state index contributed by atoms with van der Waals surface area (Å²) in [4.78, 5) is 27.1. The highest BCUT2D eigenvalue weighted by atomic mass is 16.6. The molecule has 0 spiro atoms. The fourth-order valence-corrected chi connectivity index (χ4v) is 3.19. The zero-order valence-corrected chi connectivity index (χ0v) is 14.4. The van der Waals surface area contributed by atoms with Gasteiger partial charge in [0.15, 0.2) is 0 Å². The van der Waals surface area contributed by atoms with Crippen LogP contribution in [0.3, 0.4) is 0 Å². The number of carbonyl (C=O) groups excluding carboxylic acids is 1. The SMILES string of the molecule is O=C(c1ccc2nonc2c1)N1CCN(Cc2ccc([N+](=O)[O-])cc2)CC1. The first kappa shape index (κ1) is 17.1. The van der Waals surface area contributed by atoms with E-state index in [1.807, 2.05) is 4.90 Å². The van der Waals surface area contributed by atoms with Crippen LogP contribution in [0.1, 0.15) is 15.9 Å². The molecule has 2 aromatic carbocycles. The summed E-state index contributed by atoms with van der Waals surface area (Å²) in [6.07, 6.45) is 0. The molecule has 27 heavy (non-hydrogen) atoms. The topological polar surface area (TPSA) is 106 Å². The van der Waals surface area contributed by atoms with Gasteiger partial charge in [-0.05, 0) is 34.1 Å². The van der Waals surface area contributed by atoms with Crippen molar-refractivity contribution in [2.45, 2.75) is 6.54 Å². The summed E-state index contributed by atoms with van der Waals surface area (Å²) < 4.78 is 4.67. The van der Waals surface area contributed by atoms with Crippen molar-refractivity contribution in [1.82, 2.24) is 20.1 Å². The predicted octanol–water partition coefficient (Wildman–Crippen LogP) is 2.09. The lowest BCUT2D eigenvalue weighted by atomic mass is 10.1. The van der Waals surface area contributed by atoms with E-state index in [0.29, 0.717) is 36.2 Å². The largest absolute Gasteiger partial charge is 0.336 e. The van der Waals surface area contributed by atoms with Crippen LogP contribution in [0, 0.1) is 10.1 Å². The summed E-state index contributed by atoms with van der Waals surface area (Å²) in [6, 6.07) is 11.7. The van der Waals surface area contributed by atoms with E-state index in [1.165, 1.54) is 12.1 Å². The van der Waals surface area contributed by atoms with Crippen molar-refractivity contribution >= 4 is 22.6 Å². The van der Waals surface area contributed by atoms with Crippen LogP contribution in [0.25, 0.3) is 11.0 Å². The van der Waals surface area contributed by atoms with Gasteiger partial charge in [0.2, 0.25) is 0 Å². The Bertz CT molecular complexity index is 977. The lowest BCUT2D eigenvalue weighted by Gasteiger charge is -2.34. The fraction of sp³-hybridized carbons (Fsp3) is 0.278. The zero-order chi connectivity index (χ0) is 18.8. The highest BCUT2D eigenvalue weighted by molar-refractivity contribution is 5.97. The average Bonchev–Trinajstić information content (AvgIpc) is 3.16. The molecule has 0 unspecified atom stereocenters. The van der Waals surface area contributed by atoms with Gasteiger partial charge in [0, 0.05) is 50.4 Å². The summed E-state index contributed by atoms with van der Waals surface area (Å²) in [5, 5.41) is 18.2. The van der Waals surface area contributed by atoms with E-state index in [0.717, 1.165) is 18.7 Å². The van der Waals surface area contributed by atoms with E-state index < -0.39 is 4.92 Å². The van der Waals surface area contributed by atoms with Crippen LogP contribution in [-0.2, 0) is 6.54 Å². The zero-order valence-electron chi connectivity index (χ0n) is 14.4. The number of amides is 1. The number of hydrogen-bond acceptors (Lipinski definition) is 7. The molecule has 0 bridgehead atoms. The van der Waals surface area contributed by atoms with Crippen LogP contribution < -0.4 is 0 Å². The minimum absolute atomic E-state index is 0.0325. The van der Waals surface area contributed by atoms with Gasteiger partial charge in [-0.3, -0.25) is 19.8 Å². The first-order valence-electron chi connectivity index (χ1n) is 8.57. The Morgan fingerprint density at radius 3 is 2.44 bits per heavy atom. The number of piperazine rings is 1. The van der Waals surface area contributed by atoms with Gasteiger partial charge < -0.3 is 4.90 Å². The van der Waals surface area contributed by atoms with Gasteiger partial charge in [-0.25, -0.2) is 4.63 Å². The number of aromatic nitrogens is 2. The summed E-state index contributed by atoms with van der Waals surface area (Å²) in [5.41, 5.74) is 2.87.